The van der Waals surface area contributed by atoms with Crippen LogP contribution in [0.4, 0.5) is 13.2 Å². The molecule has 1 aliphatic rings. The van der Waals surface area contributed by atoms with Gasteiger partial charge < -0.3 is 9.08 Å². The van der Waals surface area contributed by atoms with Crippen LogP contribution in [0.2, 0.25) is 0 Å². The van der Waals surface area contributed by atoms with Gasteiger partial charge in [0.05, 0.1) is 0 Å². The molecule has 0 aromatic heterocycles. The van der Waals surface area contributed by atoms with E-state index in [1.807, 2.05) is 24.3 Å². The SMILES string of the molecule is C[C@H]1CN(CCc2ccccc2)CC[C@@]1(C)c1cccc(OS(=O)(=O)C(F)(F)F)c1. The highest BCUT2D eigenvalue weighted by Gasteiger charge is 2.48. The fourth-order valence-electron chi connectivity index (χ4n) is 3.96. The minimum atomic E-state index is -5.68. The van der Waals surface area contributed by atoms with Crippen molar-refractivity contribution in [2.24, 2.45) is 5.92 Å². The van der Waals surface area contributed by atoms with E-state index in [-0.39, 0.29) is 17.1 Å². The zero-order valence-corrected chi connectivity index (χ0v) is 17.8. The summed E-state index contributed by atoms with van der Waals surface area (Å²) in [7, 11) is -5.68. The molecular formula is C22H26F3NO3S. The second kappa shape index (κ2) is 8.59. The standard InChI is InChI=1S/C22H26F3NO3S/c1-17-16-26(13-11-18-7-4-3-5-8-18)14-12-21(17,2)19-9-6-10-20(15-19)29-30(27,28)22(23,24)25/h3-10,15,17H,11-14,16H2,1-2H3/t17-,21+/m0/s1. The van der Waals surface area contributed by atoms with Crippen molar-refractivity contribution in [3.05, 3.63) is 65.7 Å². The van der Waals surface area contributed by atoms with E-state index < -0.39 is 15.6 Å². The fourth-order valence-corrected chi connectivity index (χ4v) is 4.41. The van der Waals surface area contributed by atoms with Crippen LogP contribution in [0.3, 0.4) is 0 Å². The Morgan fingerprint density at radius 1 is 1.13 bits per heavy atom. The average molecular weight is 442 g/mol. The van der Waals surface area contributed by atoms with Crippen molar-refractivity contribution in [2.75, 3.05) is 19.6 Å². The molecule has 2 atom stereocenters. The second-order valence-corrected chi connectivity index (χ2v) is 9.65. The van der Waals surface area contributed by atoms with Gasteiger partial charge in [-0.15, -0.1) is 0 Å². The van der Waals surface area contributed by atoms with Crippen LogP contribution in [0.25, 0.3) is 0 Å². The molecule has 4 nitrogen and oxygen atoms in total. The van der Waals surface area contributed by atoms with E-state index in [0.29, 0.717) is 0 Å². The highest BCUT2D eigenvalue weighted by Crippen LogP contribution is 2.40. The molecule has 2 aromatic rings. The van der Waals surface area contributed by atoms with Gasteiger partial charge in [0.25, 0.3) is 0 Å². The minimum absolute atomic E-state index is 0.233. The van der Waals surface area contributed by atoms with Crippen LogP contribution in [-0.4, -0.2) is 38.5 Å². The van der Waals surface area contributed by atoms with E-state index >= 15 is 0 Å². The van der Waals surface area contributed by atoms with Crippen LogP contribution in [0.15, 0.2) is 54.6 Å². The van der Waals surface area contributed by atoms with Crippen molar-refractivity contribution in [3.63, 3.8) is 0 Å². The Bertz CT molecular complexity index is 963. The van der Waals surface area contributed by atoms with Crippen LogP contribution in [-0.2, 0) is 22.0 Å². The first-order valence-electron chi connectivity index (χ1n) is 9.89. The molecule has 0 bridgehead atoms. The molecule has 0 saturated carbocycles. The van der Waals surface area contributed by atoms with Crippen LogP contribution in [0.5, 0.6) is 5.75 Å². The van der Waals surface area contributed by atoms with Crippen LogP contribution < -0.4 is 4.18 Å². The Kier molecular flexibility index (Phi) is 6.48. The summed E-state index contributed by atoms with van der Waals surface area (Å²) < 4.78 is 64.9. The van der Waals surface area contributed by atoms with Crippen molar-refractivity contribution in [2.45, 2.75) is 37.6 Å². The molecule has 1 fully saturated rings. The summed E-state index contributed by atoms with van der Waals surface area (Å²) >= 11 is 0. The maximum absolute atomic E-state index is 12.6. The van der Waals surface area contributed by atoms with E-state index in [9.17, 15) is 21.6 Å². The third kappa shape index (κ3) is 4.98. The summed E-state index contributed by atoms with van der Waals surface area (Å²) in [6.07, 6.45) is 1.78. The Labute approximate surface area is 175 Å². The number of alkyl halides is 3. The number of halogens is 3. The van der Waals surface area contributed by atoms with Crippen LogP contribution in [0, 0.1) is 5.92 Å². The Balaban J connectivity index is 1.69. The number of rotatable bonds is 6. The quantitative estimate of drug-likeness (QED) is 0.479. The van der Waals surface area contributed by atoms with Gasteiger partial charge in [-0.3, -0.25) is 0 Å². The molecule has 8 heteroatoms. The number of hydrogen-bond acceptors (Lipinski definition) is 4. The van der Waals surface area contributed by atoms with Gasteiger partial charge in [0, 0.05) is 13.1 Å². The number of likely N-dealkylation sites (tertiary alicyclic amines) is 1. The maximum Gasteiger partial charge on any atom is 0.534 e. The largest absolute Gasteiger partial charge is 0.534 e. The van der Waals surface area contributed by atoms with E-state index in [1.54, 1.807) is 0 Å². The van der Waals surface area contributed by atoms with Crippen molar-refractivity contribution >= 4 is 10.1 Å². The van der Waals surface area contributed by atoms with Crippen molar-refractivity contribution in [1.82, 2.24) is 4.90 Å². The smallest absolute Gasteiger partial charge is 0.376 e. The monoisotopic (exact) mass is 441 g/mol. The van der Waals surface area contributed by atoms with E-state index in [0.717, 1.165) is 38.0 Å². The van der Waals surface area contributed by atoms with Gasteiger partial charge in [0.2, 0.25) is 0 Å². The molecular weight excluding hydrogens is 415 g/mol. The Hall–Kier alpha value is -2.06. The van der Waals surface area contributed by atoms with Gasteiger partial charge in [0.15, 0.2) is 0 Å². The molecule has 1 heterocycles. The lowest BCUT2D eigenvalue weighted by Gasteiger charge is -2.45. The van der Waals surface area contributed by atoms with E-state index in [4.69, 9.17) is 0 Å². The molecule has 0 aliphatic carbocycles. The molecule has 0 spiro atoms. The first-order chi connectivity index (χ1) is 14.0. The average Bonchev–Trinajstić information content (AvgIpc) is 2.69. The lowest BCUT2D eigenvalue weighted by Crippen LogP contribution is -2.47. The van der Waals surface area contributed by atoms with Gasteiger partial charge in [0.1, 0.15) is 5.75 Å². The van der Waals surface area contributed by atoms with Crippen molar-refractivity contribution in [1.29, 1.82) is 0 Å². The molecule has 2 aromatic carbocycles. The number of hydrogen-bond donors (Lipinski definition) is 0. The number of benzene rings is 2. The summed E-state index contributed by atoms with van der Waals surface area (Å²) in [4.78, 5) is 2.40. The molecule has 1 aliphatic heterocycles. The Morgan fingerprint density at radius 2 is 1.83 bits per heavy atom. The lowest BCUT2D eigenvalue weighted by molar-refractivity contribution is -0.0500. The van der Waals surface area contributed by atoms with Crippen molar-refractivity contribution in [3.8, 4) is 5.75 Å². The molecule has 0 amide bonds. The third-order valence-corrected chi connectivity index (χ3v) is 7.09. The van der Waals surface area contributed by atoms with Crippen LogP contribution >= 0.6 is 0 Å². The lowest BCUT2D eigenvalue weighted by atomic mass is 9.68. The summed E-state index contributed by atoms with van der Waals surface area (Å²) in [5.74, 6) is -0.0822. The third-order valence-electron chi connectivity index (χ3n) is 6.11. The summed E-state index contributed by atoms with van der Waals surface area (Å²) in [6, 6.07) is 16.3. The summed E-state index contributed by atoms with van der Waals surface area (Å²) in [5, 5.41) is 0. The van der Waals surface area contributed by atoms with E-state index in [1.165, 1.54) is 23.8 Å². The summed E-state index contributed by atoms with van der Waals surface area (Å²) in [5.41, 5.74) is -3.67. The second-order valence-electron chi connectivity index (χ2n) is 8.12. The zero-order valence-electron chi connectivity index (χ0n) is 17.0. The van der Waals surface area contributed by atoms with Gasteiger partial charge in [-0.05, 0) is 54.0 Å². The minimum Gasteiger partial charge on any atom is -0.376 e. The first kappa shape index (κ1) is 22.6. The fraction of sp³-hybridized carbons (Fsp3) is 0.455. The molecule has 0 radical (unpaired) electrons. The number of nitrogens with zero attached hydrogens (tertiary/aromatic N) is 1. The van der Waals surface area contributed by atoms with Crippen LogP contribution in [0.1, 0.15) is 31.4 Å². The predicted octanol–water partition coefficient (Wildman–Crippen LogP) is 4.76. The van der Waals surface area contributed by atoms with Gasteiger partial charge in [-0.25, -0.2) is 0 Å². The van der Waals surface area contributed by atoms with Gasteiger partial charge in [-0.2, -0.15) is 21.6 Å². The Morgan fingerprint density at radius 3 is 2.47 bits per heavy atom. The maximum atomic E-state index is 12.6. The predicted molar refractivity (Wildman–Crippen MR) is 110 cm³/mol. The molecule has 0 unspecified atom stereocenters. The van der Waals surface area contributed by atoms with Crippen molar-refractivity contribution < 1.29 is 25.8 Å². The molecule has 3 rings (SSSR count). The first-order valence-corrected chi connectivity index (χ1v) is 11.3. The van der Waals surface area contributed by atoms with Gasteiger partial charge >= 0.3 is 15.6 Å². The normalized spacial score (nSPS) is 23.3. The zero-order chi connectivity index (χ0) is 22.0. The molecule has 1 saturated heterocycles. The highest BCUT2D eigenvalue weighted by molar-refractivity contribution is 7.88. The molecule has 164 valence electrons. The van der Waals surface area contributed by atoms with Gasteiger partial charge in [-0.1, -0.05) is 56.3 Å². The molecule has 30 heavy (non-hydrogen) atoms. The van der Waals surface area contributed by atoms with E-state index in [2.05, 4.69) is 35.1 Å². The number of piperidine rings is 1. The highest BCUT2D eigenvalue weighted by atomic mass is 32.2. The molecule has 0 N–H and O–H groups in total. The summed E-state index contributed by atoms with van der Waals surface area (Å²) in [6.45, 7) is 6.85. The topological polar surface area (TPSA) is 46.6 Å².